The summed E-state index contributed by atoms with van der Waals surface area (Å²) in [6.07, 6.45) is 7.49. The fourth-order valence-electron chi connectivity index (χ4n) is 4.32. The number of nitrogens with two attached hydrogens (primary N) is 1. The summed E-state index contributed by atoms with van der Waals surface area (Å²) in [6.45, 7) is 4.37. The predicted molar refractivity (Wildman–Crippen MR) is 108 cm³/mol. The Morgan fingerprint density at radius 3 is 2.67 bits per heavy atom. The summed E-state index contributed by atoms with van der Waals surface area (Å²) in [6, 6.07) is 5.62. The number of H-pyrrole nitrogens is 1. The zero-order chi connectivity index (χ0) is 19.6. The van der Waals surface area contributed by atoms with Crippen molar-refractivity contribution in [3.63, 3.8) is 0 Å². The van der Waals surface area contributed by atoms with Crippen LogP contribution in [0.3, 0.4) is 0 Å². The average molecular weight is 388 g/mol. The van der Waals surface area contributed by atoms with E-state index in [4.69, 9.17) is 22.1 Å². The third-order valence-corrected chi connectivity index (χ3v) is 6.52. The number of nitrogens with zero attached hydrogens (tertiary/aromatic N) is 1. The number of aromatic amines is 1. The molecule has 1 saturated carbocycles. The molecule has 27 heavy (non-hydrogen) atoms. The molecule has 1 fully saturated rings. The Morgan fingerprint density at radius 1 is 1.37 bits per heavy atom. The summed E-state index contributed by atoms with van der Waals surface area (Å²) in [5, 5.41) is 10.7. The first-order valence-corrected chi connectivity index (χ1v) is 9.99. The summed E-state index contributed by atoms with van der Waals surface area (Å²) in [5.41, 5.74) is 6.73. The van der Waals surface area contributed by atoms with E-state index in [0.29, 0.717) is 27.1 Å². The zero-order valence-corrected chi connectivity index (χ0v) is 16.6. The van der Waals surface area contributed by atoms with E-state index in [1.807, 2.05) is 0 Å². The predicted octanol–water partition coefficient (Wildman–Crippen LogP) is 4.51. The second-order valence-electron chi connectivity index (χ2n) is 7.52. The molecule has 0 saturated heterocycles. The van der Waals surface area contributed by atoms with Crippen LogP contribution in [0.4, 0.5) is 0 Å². The first-order valence-electron chi connectivity index (χ1n) is 9.61. The van der Waals surface area contributed by atoms with Gasteiger partial charge in [-0.3, -0.25) is 4.79 Å². The number of aromatic nitrogens is 1. The molecule has 0 aliphatic heterocycles. The van der Waals surface area contributed by atoms with Crippen LogP contribution in [-0.2, 0) is 0 Å². The van der Waals surface area contributed by atoms with Crippen LogP contribution in [0.5, 0.6) is 5.75 Å². The van der Waals surface area contributed by atoms with Gasteiger partial charge >= 0.3 is 0 Å². The van der Waals surface area contributed by atoms with E-state index < -0.39 is 0 Å². The van der Waals surface area contributed by atoms with Gasteiger partial charge in [-0.15, -0.1) is 0 Å². The van der Waals surface area contributed by atoms with Crippen molar-refractivity contribution >= 4 is 22.4 Å². The Labute approximate surface area is 164 Å². The number of nitriles is 1. The van der Waals surface area contributed by atoms with Crippen molar-refractivity contribution in [2.45, 2.75) is 64.5 Å². The zero-order valence-electron chi connectivity index (χ0n) is 15.8. The Hall–Kier alpha value is -2.03. The van der Waals surface area contributed by atoms with E-state index in [0.717, 1.165) is 38.5 Å². The lowest BCUT2D eigenvalue weighted by molar-refractivity contribution is 0.0569. The number of pyridine rings is 1. The van der Waals surface area contributed by atoms with Crippen LogP contribution < -0.4 is 16.0 Å². The SMILES string of the molecule is CCC(N)C1(CC)CCC(Oc2cc3c(C#N)c[nH]c(=O)c3cc2Cl)CC1. The summed E-state index contributed by atoms with van der Waals surface area (Å²) < 4.78 is 6.19. The molecule has 1 unspecified atom stereocenters. The maximum absolute atomic E-state index is 12.0. The molecule has 0 amide bonds. The molecule has 2 aromatic rings. The minimum absolute atomic E-state index is 0.0659. The monoisotopic (exact) mass is 387 g/mol. The summed E-state index contributed by atoms with van der Waals surface area (Å²) in [7, 11) is 0. The molecule has 1 aliphatic carbocycles. The number of hydrogen-bond acceptors (Lipinski definition) is 4. The molecule has 0 bridgehead atoms. The van der Waals surface area contributed by atoms with Gasteiger partial charge < -0.3 is 15.5 Å². The Bertz CT molecular complexity index is 923. The van der Waals surface area contributed by atoms with Gasteiger partial charge in [0.15, 0.2) is 0 Å². The molecule has 1 heterocycles. The van der Waals surface area contributed by atoms with Crippen molar-refractivity contribution in [1.29, 1.82) is 5.26 Å². The van der Waals surface area contributed by atoms with Crippen molar-refractivity contribution < 1.29 is 4.74 Å². The molecular formula is C21H26ClN3O2. The minimum atomic E-state index is -0.267. The van der Waals surface area contributed by atoms with Crippen LogP contribution in [0, 0.1) is 16.7 Å². The molecule has 1 aromatic heterocycles. The maximum atomic E-state index is 12.0. The molecule has 5 nitrogen and oxygen atoms in total. The van der Waals surface area contributed by atoms with Gasteiger partial charge in [0.1, 0.15) is 11.8 Å². The molecule has 3 rings (SSSR count). The van der Waals surface area contributed by atoms with Crippen molar-refractivity contribution in [2.75, 3.05) is 0 Å². The molecular weight excluding hydrogens is 362 g/mol. The summed E-state index contributed by atoms with van der Waals surface area (Å²) in [4.78, 5) is 14.6. The molecule has 144 valence electrons. The van der Waals surface area contributed by atoms with Crippen LogP contribution in [0.15, 0.2) is 23.1 Å². The maximum Gasteiger partial charge on any atom is 0.255 e. The Kier molecular flexibility index (Phi) is 5.78. The van der Waals surface area contributed by atoms with E-state index in [-0.39, 0.29) is 23.1 Å². The van der Waals surface area contributed by atoms with E-state index in [9.17, 15) is 10.1 Å². The lowest BCUT2D eigenvalue weighted by atomic mass is 9.66. The van der Waals surface area contributed by atoms with E-state index in [2.05, 4.69) is 24.9 Å². The quantitative estimate of drug-likeness (QED) is 0.789. The number of benzene rings is 1. The lowest BCUT2D eigenvalue weighted by Gasteiger charge is -2.43. The van der Waals surface area contributed by atoms with Crippen LogP contribution in [0.1, 0.15) is 57.9 Å². The van der Waals surface area contributed by atoms with Gasteiger partial charge in [0.2, 0.25) is 0 Å². The Morgan fingerprint density at radius 2 is 2.07 bits per heavy atom. The highest BCUT2D eigenvalue weighted by Gasteiger charge is 2.38. The number of halogens is 1. The van der Waals surface area contributed by atoms with Crippen LogP contribution in [0.25, 0.3) is 10.8 Å². The van der Waals surface area contributed by atoms with Crippen molar-refractivity contribution in [3.8, 4) is 11.8 Å². The standard InChI is InChI=1S/C21H26ClN3O2/c1-3-19(24)21(4-2)7-5-14(6-8-21)27-18-10-15-13(11-23)12-25-20(26)16(15)9-17(18)22/h9-10,12,14,19H,3-8,24H2,1-2H3,(H,25,26). The van der Waals surface area contributed by atoms with Crippen molar-refractivity contribution in [1.82, 2.24) is 4.98 Å². The largest absolute Gasteiger partial charge is 0.489 e. The van der Waals surface area contributed by atoms with E-state index in [1.54, 1.807) is 12.1 Å². The average Bonchev–Trinajstić information content (AvgIpc) is 2.69. The second-order valence-corrected chi connectivity index (χ2v) is 7.93. The number of ether oxygens (including phenoxy) is 1. The molecule has 0 spiro atoms. The molecule has 1 atom stereocenters. The van der Waals surface area contributed by atoms with Gasteiger partial charge in [-0.1, -0.05) is 25.4 Å². The summed E-state index contributed by atoms with van der Waals surface area (Å²) >= 11 is 6.37. The number of rotatable bonds is 5. The molecule has 1 aliphatic rings. The van der Waals surface area contributed by atoms with Gasteiger partial charge in [-0.05, 0) is 56.1 Å². The highest BCUT2D eigenvalue weighted by molar-refractivity contribution is 6.32. The number of hydrogen-bond donors (Lipinski definition) is 2. The molecule has 0 radical (unpaired) electrons. The number of nitrogens with one attached hydrogen (secondary N) is 1. The first kappa shape index (κ1) is 19.7. The fraction of sp³-hybridized carbons (Fsp3) is 0.524. The van der Waals surface area contributed by atoms with Gasteiger partial charge in [0.05, 0.1) is 22.1 Å². The Balaban J connectivity index is 1.83. The second kappa shape index (κ2) is 7.92. The van der Waals surface area contributed by atoms with E-state index in [1.165, 1.54) is 6.20 Å². The molecule has 3 N–H and O–H groups in total. The van der Waals surface area contributed by atoms with Crippen LogP contribution in [-0.4, -0.2) is 17.1 Å². The van der Waals surface area contributed by atoms with Crippen molar-refractivity contribution in [3.05, 3.63) is 39.3 Å². The van der Waals surface area contributed by atoms with Crippen LogP contribution in [0.2, 0.25) is 5.02 Å². The van der Waals surface area contributed by atoms with Crippen LogP contribution >= 0.6 is 11.6 Å². The molecule has 6 heteroatoms. The normalized spacial score (nSPS) is 23.7. The van der Waals surface area contributed by atoms with Gasteiger partial charge in [0.25, 0.3) is 5.56 Å². The highest BCUT2D eigenvalue weighted by Crippen LogP contribution is 2.44. The summed E-state index contributed by atoms with van der Waals surface area (Å²) in [5.74, 6) is 0.528. The van der Waals surface area contributed by atoms with Gasteiger partial charge in [-0.2, -0.15) is 5.26 Å². The first-order chi connectivity index (χ1) is 12.9. The topological polar surface area (TPSA) is 91.9 Å². The number of fused-ring (bicyclic) bond motifs is 1. The van der Waals surface area contributed by atoms with Gasteiger partial charge in [0, 0.05) is 17.6 Å². The third-order valence-electron chi connectivity index (χ3n) is 6.23. The third kappa shape index (κ3) is 3.69. The smallest absolute Gasteiger partial charge is 0.255 e. The lowest BCUT2D eigenvalue weighted by Crippen LogP contribution is -2.45. The molecule has 1 aromatic carbocycles. The van der Waals surface area contributed by atoms with Crippen molar-refractivity contribution in [2.24, 2.45) is 11.1 Å². The highest BCUT2D eigenvalue weighted by atomic mass is 35.5. The van der Waals surface area contributed by atoms with E-state index >= 15 is 0 Å². The fourth-order valence-corrected chi connectivity index (χ4v) is 4.53. The van der Waals surface area contributed by atoms with Gasteiger partial charge in [-0.25, -0.2) is 0 Å². The minimum Gasteiger partial charge on any atom is -0.489 e.